The summed E-state index contributed by atoms with van der Waals surface area (Å²) in [5, 5.41) is 12.7. The number of ether oxygens (including phenoxy) is 1. The number of halogens is 1. The summed E-state index contributed by atoms with van der Waals surface area (Å²) >= 11 is 5.95. The first-order valence-electron chi connectivity index (χ1n) is 7.22. The number of hydrogen-bond donors (Lipinski definition) is 2. The summed E-state index contributed by atoms with van der Waals surface area (Å²) in [7, 11) is 0. The number of benzene rings is 1. The molecule has 1 aromatic rings. The Morgan fingerprint density at radius 1 is 1.57 bits per heavy atom. The van der Waals surface area contributed by atoms with Gasteiger partial charge in [-0.2, -0.15) is 0 Å². The highest BCUT2D eigenvalue weighted by Gasteiger charge is 2.27. The lowest BCUT2D eigenvalue weighted by Crippen LogP contribution is -2.43. The van der Waals surface area contributed by atoms with Gasteiger partial charge in [0, 0.05) is 23.7 Å². The van der Waals surface area contributed by atoms with Crippen molar-refractivity contribution in [2.75, 3.05) is 19.8 Å². The van der Waals surface area contributed by atoms with Gasteiger partial charge in [-0.05, 0) is 31.9 Å². The third kappa shape index (κ3) is 4.02. The molecule has 6 heteroatoms. The molecule has 2 N–H and O–H groups in total. The van der Waals surface area contributed by atoms with Crippen LogP contribution in [0.2, 0.25) is 5.02 Å². The van der Waals surface area contributed by atoms with E-state index in [0.29, 0.717) is 30.5 Å². The van der Waals surface area contributed by atoms with Crippen molar-refractivity contribution in [3.63, 3.8) is 0 Å². The van der Waals surface area contributed by atoms with Gasteiger partial charge in [-0.25, -0.2) is 4.79 Å². The van der Waals surface area contributed by atoms with E-state index in [2.05, 4.69) is 5.32 Å². The molecule has 1 aliphatic rings. The lowest BCUT2D eigenvalue weighted by atomic mass is 10.2. The number of urea groups is 1. The van der Waals surface area contributed by atoms with Crippen LogP contribution in [0, 0.1) is 0 Å². The minimum absolute atomic E-state index is 0.0125. The number of amides is 2. The quantitative estimate of drug-likeness (QED) is 0.877. The highest BCUT2D eigenvalue weighted by Crippen LogP contribution is 2.24. The van der Waals surface area contributed by atoms with Crippen LogP contribution in [-0.2, 0) is 6.54 Å². The summed E-state index contributed by atoms with van der Waals surface area (Å²) in [6.07, 6.45) is 1.79. The van der Waals surface area contributed by atoms with Gasteiger partial charge in [0.25, 0.3) is 0 Å². The predicted octanol–water partition coefficient (Wildman–Crippen LogP) is 2.41. The lowest BCUT2D eigenvalue weighted by Gasteiger charge is -2.23. The van der Waals surface area contributed by atoms with E-state index < -0.39 is 0 Å². The van der Waals surface area contributed by atoms with Crippen LogP contribution in [0.4, 0.5) is 4.79 Å². The molecule has 116 valence electrons. The molecule has 2 amide bonds. The second kappa shape index (κ2) is 7.52. The number of nitrogens with zero attached hydrogens (tertiary/aromatic N) is 1. The minimum Gasteiger partial charge on any atom is -0.493 e. The van der Waals surface area contributed by atoms with Crippen LogP contribution in [0.15, 0.2) is 18.2 Å². The van der Waals surface area contributed by atoms with Gasteiger partial charge in [0.05, 0.1) is 19.3 Å². The highest BCUT2D eigenvalue weighted by molar-refractivity contribution is 6.30. The van der Waals surface area contributed by atoms with Crippen LogP contribution in [0.1, 0.15) is 25.3 Å². The van der Waals surface area contributed by atoms with Crippen molar-refractivity contribution in [1.82, 2.24) is 10.2 Å². The summed E-state index contributed by atoms with van der Waals surface area (Å²) in [5.74, 6) is 0.686. The molecule has 1 aromatic carbocycles. The van der Waals surface area contributed by atoms with Gasteiger partial charge in [0.2, 0.25) is 0 Å². The van der Waals surface area contributed by atoms with Crippen molar-refractivity contribution < 1.29 is 14.6 Å². The molecule has 21 heavy (non-hydrogen) atoms. The standard InChI is InChI=1S/C15H21ClN2O3/c1-2-21-14-8-12(16)6-5-11(14)9-17-15(20)18-7-3-4-13(18)10-19/h5-6,8,13,19H,2-4,7,9-10H2,1H3,(H,17,20)/t13-/m0/s1. The molecule has 0 unspecified atom stereocenters. The van der Waals surface area contributed by atoms with Gasteiger partial charge in [-0.15, -0.1) is 0 Å². The Morgan fingerprint density at radius 3 is 3.10 bits per heavy atom. The van der Waals surface area contributed by atoms with Crippen molar-refractivity contribution in [2.24, 2.45) is 0 Å². The monoisotopic (exact) mass is 312 g/mol. The van der Waals surface area contributed by atoms with E-state index >= 15 is 0 Å². The zero-order chi connectivity index (χ0) is 15.2. The number of carbonyl (C=O) groups is 1. The highest BCUT2D eigenvalue weighted by atomic mass is 35.5. The van der Waals surface area contributed by atoms with Crippen LogP contribution >= 0.6 is 11.6 Å². The molecule has 0 aromatic heterocycles. The zero-order valence-electron chi connectivity index (χ0n) is 12.1. The molecule has 0 spiro atoms. The van der Waals surface area contributed by atoms with Crippen LogP contribution in [0.3, 0.4) is 0 Å². The molecule has 1 saturated heterocycles. The minimum atomic E-state index is -0.149. The summed E-state index contributed by atoms with van der Waals surface area (Å²) in [5.41, 5.74) is 0.884. The van der Waals surface area contributed by atoms with Crippen LogP contribution in [-0.4, -0.2) is 41.8 Å². The van der Waals surface area contributed by atoms with Crippen LogP contribution < -0.4 is 10.1 Å². The van der Waals surface area contributed by atoms with Gasteiger partial charge in [-0.3, -0.25) is 0 Å². The van der Waals surface area contributed by atoms with Crippen LogP contribution in [0.5, 0.6) is 5.75 Å². The van der Waals surface area contributed by atoms with Gasteiger partial charge in [0.1, 0.15) is 5.75 Å². The maximum absolute atomic E-state index is 12.2. The number of likely N-dealkylation sites (tertiary alicyclic amines) is 1. The number of nitrogens with one attached hydrogen (secondary N) is 1. The van der Waals surface area contributed by atoms with Gasteiger partial charge in [0.15, 0.2) is 0 Å². The van der Waals surface area contributed by atoms with Gasteiger partial charge in [-0.1, -0.05) is 17.7 Å². The predicted molar refractivity (Wildman–Crippen MR) is 81.7 cm³/mol. The van der Waals surface area contributed by atoms with E-state index in [1.54, 1.807) is 17.0 Å². The molecule has 5 nitrogen and oxygen atoms in total. The molecule has 1 aliphatic heterocycles. The Hall–Kier alpha value is -1.46. The van der Waals surface area contributed by atoms with E-state index in [4.69, 9.17) is 16.3 Å². The number of rotatable bonds is 5. The Kier molecular flexibility index (Phi) is 5.70. The molecule has 0 radical (unpaired) electrons. The Labute approximate surface area is 129 Å². The van der Waals surface area contributed by atoms with E-state index in [0.717, 1.165) is 18.4 Å². The fourth-order valence-electron chi connectivity index (χ4n) is 2.53. The molecule has 0 bridgehead atoms. The number of aliphatic hydroxyl groups is 1. The van der Waals surface area contributed by atoms with E-state index in [9.17, 15) is 9.90 Å². The number of carbonyl (C=O) groups excluding carboxylic acids is 1. The van der Waals surface area contributed by atoms with E-state index in [1.165, 1.54) is 0 Å². The lowest BCUT2D eigenvalue weighted by molar-refractivity contribution is 0.157. The third-order valence-electron chi connectivity index (χ3n) is 3.61. The second-order valence-electron chi connectivity index (χ2n) is 5.02. The average molecular weight is 313 g/mol. The smallest absolute Gasteiger partial charge is 0.317 e. The summed E-state index contributed by atoms with van der Waals surface area (Å²) in [6, 6.07) is 5.16. The first kappa shape index (κ1) is 15.9. The maximum atomic E-state index is 12.2. The molecule has 2 rings (SSSR count). The molecular formula is C15H21ClN2O3. The molecule has 0 aliphatic carbocycles. The molecule has 1 fully saturated rings. The Balaban J connectivity index is 1.97. The molecule has 1 atom stereocenters. The Morgan fingerprint density at radius 2 is 2.38 bits per heavy atom. The van der Waals surface area contributed by atoms with Crippen molar-refractivity contribution in [2.45, 2.75) is 32.4 Å². The third-order valence-corrected chi connectivity index (χ3v) is 3.84. The van der Waals surface area contributed by atoms with Crippen molar-refractivity contribution >= 4 is 17.6 Å². The molecule has 0 saturated carbocycles. The first-order valence-corrected chi connectivity index (χ1v) is 7.60. The van der Waals surface area contributed by atoms with E-state index in [-0.39, 0.29) is 18.7 Å². The fraction of sp³-hybridized carbons (Fsp3) is 0.533. The van der Waals surface area contributed by atoms with Crippen LogP contribution in [0.25, 0.3) is 0 Å². The normalized spacial score (nSPS) is 17.9. The van der Waals surface area contributed by atoms with E-state index in [1.807, 2.05) is 13.0 Å². The first-order chi connectivity index (χ1) is 10.2. The summed E-state index contributed by atoms with van der Waals surface area (Å²) in [6.45, 7) is 3.52. The van der Waals surface area contributed by atoms with Crippen molar-refractivity contribution in [3.05, 3.63) is 28.8 Å². The number of aliphatic hydroxyl groups excluding tert-OH is 1. The molecular weight excluding hydrogens is 292 g/mol. The molecule has 1 heterocycles. The Bertz CT molecular complexity index is 496. The topological polar surface area (TPSA) is 61.8 Å². The fourth-order valence-corrected chi connectivity index (χ4v) is 2.69. The largest absolute Gasteiger partial charge is 0.493 e. The maximum Gasteiger partial charge on any atom is 0.317 e. The van der Waals surface area contributed by atoms with Crippen molar-refractivity contribution in [3.8, 4) is 5.75 Å². The van der Waals surface area contributed by atoms with Gasteiger partial charge >= 0.3 is 6.03 Å². The van der Waals surface area contributed by atoms with Gasteiger partial charge < -0.3 is 20.1 Å². The van der Waals surface area contributed by atoms with Crippen molar-refractivity contribution in [1.29, 1.82) is 0 Å². The number of hydrogen-bond acceptors (Lipinski definition) is 3. The zero-order valence-corrected chi connectivity index (χ0v) is 12.9. The summed E-state index contributed by atoms with van der Waals surface area (Å²) in [4.78, 5) is 13.9. The average Bonchev–Trinajstić information content (AvgIpc) is 2.95. The second-order valence-corrected chi connectivity index (χ2v) is 5.45. The SMILES string of the molecule is CCOc1cc(Cl)ccc1CNC(=O)N1CCC[C@H]1CO. The summed E-state index contributed by atoms with van der Waals surface area (Å²) < 4.78 is 5.53.